The Morgan fingerprint density at radius 3 is 1.27 bits per heavy atom. The molecule has 12 atom stereocenters. The number of carbonyl (C=O) groups excluding carboxylic acids is 2. The summed E-state index contributed by atoms with van der Waals surface area (Å²) in [7, 11) is 0. The van der Waals surface area contributed by atoms with Crippen molar-refractivity contribution < 1.29 is 30.0 Å². The first kappa shape index (κ1) is 31.0. The Morgan fingerprint density at radius 2 is 0.886 bits per heavy atom. The van der Waals surface area contributed by atoms with Crippen molar-refractivity contribution in [2.45, 2.75) is 143 Å². The third-order valence-corrected chi connectivity index (χ3v) is 16.1. The van der Waals surface area contributed by atoms with Gasteiger partial charge in [-0.05, 0) is 158 Å². The van der Waals surface area contributed by atoms with E-state index in [1.165, 1.54) is 0 Å². The Bertz CT molecular complexity index is 1200. The van der Waals surface area contributed by atoms with Gasteiger partial charge in [-0.1, -0.05) is 27.7 Å². The van der Waals surface area contributed by atoms with Crippen molar-refractivity contribution in [2.75, 3.05) is 0 Å². The van der Waals surface area contributed by atoms with Crippen LogP contribution in [0.2, 0.25) is 0 Å². The summed E-state index contributed by atoms with van der Waals surface area (Å²) in [5.41, 5.74) is 2.32. The number of rotatable bonds is 0. The van der Waals surface area contributed by atoms with Crippen LogP contribution >= 0.6 is 0 Å². The molecule has 8 aliphatic rings. The third-order valence-electron chi connectivity index (χ3n) is 16.1. The molecule has 44 heavy (non-hydrogen) atoms. The molecule has 0 bridgehead atoms. The first-order chi connectivity index (χ1) is 20.8. The minimum Gasteiger partial charge on any atom is -0.504 e. The lowest BCUT2D eigenvalue weighted by Gasteiger charge is -2.57. The predicted molar refractivity (Wildman–Crippen MR) is 169 cm³/mol. The van der Waals surface area contributed by atoms with E-state index in [0.29, 0.717) is 48.3 Å². The minimum absolute atomic E-state index is 0.00970. The van der Waals surface area contributed by atoms with Gasteiger partial charge in [-0.2, -0.15) is 0 Å². The van der Waals surface area contributed by atoms with Crippen molar-refractivity contribution in [1.82, 2.24) is 0 Å². The largest absolute Gasteiger partial charge is 0.504 e. The highest BCUT2D eigenvalue weighted by Gasteiger charge is 2.61. The van der Waals surface area contributed by atoms with E-state index >= 15 is 0 Å². The predicted octanol–water partition coefficient (Wildman–Crippen LogP) is 7.53. The maximum Gasteiger partial charge on any atom is 0.197 e. The lowest BCUT2D eigenvalue weighted by Crippen LogP contribution is -2.51. The Hall–Kier alpha value is -1.66. The molecule has 0 aromatic heterocycles. The molecule has 244 valence electrons. The third kappa shape index (κ3) is 4.17. The zero-order valence-corrected chi connectivity index (χ0v) is 27.5. The molecule has 6 nitrogen and oxygen atoms in total. The molecule has 6 heteroatoms. The monoisotopic (exact) mass is 608 g/mol. The number of ketones is 2. The number of aliphatic hydroxyl groups excluding tert-OH is 4. The molecular weight excluding hydrogens is 552 g/mol. The summed E-state index contributed by atoms with van der Waals surface area (Å²) in [6.07, 6.45) is 15.1. The van der Waals surface area contributed by atoms with Gasteiger partial charge in [0.1, 0.15) is 0 Å². The van der Waals surface area contributed by atoms with Gasteiger partial charge in [0, 0.05) is 12.8 Å². The first-order valence-corrected chi connectivity index (χ1v) is 18.0. The zero-order chi connectivity index (χ0) is 31.4. The molecule has 6 fully saturated rings. The quantitative estimate of drug-likeness (QED) is 0.226. The van der Waals surface area contributed by atoms with Crippen LogP contribution in [0, 0.1) is 57.2 Å². The van der Waals surface area contributed by atoms with Gasteiger partial charge in [-0.15, -0.1) is 0 Å². The standard InChI is InChI=1S/2C19H28O3/c2*1-18-10-8-15(20)17(22)14(18)4-3-11-12-5-6-16(21)19(12,2)9-7-13(11)18/h2*11-13,16,21-22H,3-10H2,1-2H3/t2*11-,12-,13-,16-,18+,19-/m00/s1. The highest BCUT2D eigenvalue weighted by molar-refractivity contribution is 5.95. The average Bonchev–Trinajstić information content (AvgIpc) is 3.48. The molecule has 0 aromatic carbocycles. The van der Waals surface area contributed by atoms with E-state index in [-0.39, 0.29) is 57.0 Å². The number of fused-ring (bicyclic) bond motifs is 10. The molecule has 6 saturated carbocycles. The van der Waals surface area contributed by atoms with Crippen LogP contribution in [-0.2, 0) is 9.59 Å². The van der Waals surface area contributed by atoms with Gasteiger partial charge >= 0.3 is 0 Å². The Morgan fingerprint density at radius 1 is 0.500 bits per heavy atom. The van der Waals surface area contributed by atoms with Gasteiger partial charge in [0.05, 0.1) is 12.2 Å². The molecule has 8 aliphatic carbocycles. The van der Waals surface area contributed by atoms with E-state index < -0.39 is 0 Å². The van der Waals surface area contributed by atoms with Crippen molar-refractivity contribution in [3.63, 3.8) is 0 Å². The van der Waals surface area contributed by atoms with Gasteiger partial charge < -0.3 is 20.4 Å². The topological polar surface area (TPSA) is 115 Å². The maximum absolute atomic E-state index is 11.9. The number of Topliss-reactive ketones (excluding diaryl/α,β-unsaturated/α-hetero) is 2. The zero-order valence-electron chi connectivity index (χ0n) is 27.5. The second kappa shape index (κ2) is 10.4. The second-order valence-electron chi connectivity index (χ2n) is 17.4. The summed E-state index contributed by atoms with van der Waals surface area (Å²) < 4.78 is 0. The van der Waals surface area contributed by atoms with Crippen LogP contribution in [0.5, 0.6) is 0 Å². The SMILES string of the molecule is C[C@]12CC[C@H]3[C@@H](CCC4=C(O)C(=O)CC[C@@]43C)[C@@H]1CC[C@@H]2O.C[C@]12CC[C@H]3[C@@H](CCC4=C(O)C(=O)CC[C@@]43C)[C@@H]1CC[C@@H]2O. The molecular formula is C38H56O6. The molecule has 0 radical (unpaired) electrons. The van der Waals surface area contributed by atoms with Crippen molar-refractivity contribution >= 4 is 11.6 Å². The molecule has 0 heterocycles. The van der Waals surface area contributed by atoms with Crippen LogP contribution in [0.3, 0.4) is 0 Å². The Labute approximate surface area is 263 Å². The number of carbonyl (C=O) groups is 2. The summed E-state index contributed by atoms with van der Waals surface area (Å²) >= 11 is 0. The summed E-state index contributed by atoms with van der Waals surface area (Å²) in [6, 6.07) is 0. The smallest absolute Gasteiger partial charge is 0.197 e. The molecule has 0 amide bonds. The van der Waals surface area contributed by atoms with Gasteiger partial charge in [0.15, 0.2) is 23.1 Å². The Balaban J connectivity index is 0.000000142. The van der Waals surface area contributed by atoms with Crippen LogP contribution in [0.25, 0.3) is 0 Å². The van der Waals surface area contributed by atoms with Crippen LogP contribution in [-0.4, -0.2) is 44.2 Å². The van der Waals surface area contributed by atoms with E-state index in [1.54, 1.807) is 0 Å². The number of hydrogen-bond acceptors (Lipinski definition) is 6. The van der Waals surface area contributed by atoms with Crippen molar-refractivity contribution in [3.8, 4) is 0 Å². The van der Waals surface area contributed by atoms with E-state index in [2.05, 4.69) is 27.7 Å². The van der Waals surface area contributed by atoms with Crippen LogP contribution < -0.4 is 0 Å². The summed E-state index contributed by atoms with van der Waals surface area (Å²) in [6.45, 7) is 9.16. The van der Waals surface area contributed by atoms with Gasteiger partial charge in [0.25, 0.3) is 0 Å². The molecule has 8 rings (SSSR count). The fraction of sp³-hybridized carbons (Fsp3) is 0.842. The van der Waals surface area contributed by atoms with Gasteiger partial charge in [-0.3, -0.25) is 9.59 Å². The van der Waals surface area contributed by atoms with Crippen LogP contribution in [0.4, 0.5) is 0 Å². The van der Waals surface area contributed by atoms with Crippen molar-refractivity contribution in [3.05, 3.63) is 22.7 Å². The van der Waals surface area contributed by atoms with E-state index in [4.69, 9.17) is 0 Å². The molecule has 0 spiro atoms. The Kier molecular flexibility index (Phi) is 7.34. The maximum atomic E-state index is 11.9. The summed E-state index contributed by atoms with van der Waals surface area (Å²) in [4.78, 5) is 23.8. The summed E-state index contributed by atoms with van der Waals surface area (Å²) in [5, 5.41) is 41.5. The second-order valence-corrected chi connectivity index (χ2v) is 17.4. The average molecular weight is 609 g/mol. The normalized spacial score (nSPS) is 51.3. The van der Waals surface area contributed by atoms with E-state index in [1.807, 2.05) is 0 Å². The van der Waals surface area contributed by atoms with Gasteiger partial charge in [-0.25, -0.2) is 0 Å². The lowest BCUT2D eigenvalue weighted by atomic mass is 9.47. The highest BCUT2D eigenvalue weighted by Crippen LogP contribution is 2.67. The number of hydrogen-bond donors (Lipinski definition) is 4. The van der Waals surface area contributed by atoms with Crippen LogP contribution in [0.1, 0.15) is 130 Å². The highest BCUT2D eigenvalue weighted by atomic mass is 16.3. The molecule has 0 saturated heterocycles. The van der Waals surface area contributed by atoms with Crippen molar-refractivity contribution in [1.29, 1.82) is 0 Å². The molecule has 0 aliphatic heterocycles. The first-order valence-electron chi connectivity index (χ1n) is 18.0. The summed E-state index contributed by atoms with van der Waals surface area (Å²) in [5.74, 6) is 3.80. The van der Waals surface area contributed by atoms with Crippen LogP contribution in [0.15, 0.2) is 22.7 Å². The number of aliphatic hydroxyl groups is 4. The van der Waals surface area contributed by atoms with Crippen molar-refractivity contribution in [2.24, 2.45) is 57.2 Å². The fourth-order valence-corrected chi connectivity index (χ4v) is 13.3. The molecule has 0 unspecified atom stereocenters. The van der Waals surface area contributed by atoms with E-state index in [0.717, 1.165) is 101 Å². The fourth-order valence-electron chi connectivity index (χ4n) is 13.3. The molecule has 0 aromatic rings. The molecule has 4 N–H and O–H groups in total. The van der Waals surface area contributed by atoms with Gasteiger partial charge in [0.2, 0.25) is 0 Å². The number of allylic oxidation sites excluding steroid dienone is 2. The minimum atomic E-state index is -0.135. The van der Waals surface area contributed by atoms with E-state index in [9.17, 15) is 30.0 Å². The lowest BCUT2D eigenvalue weighted by molar-refractivity contribution is -0.123.